The summed E-state index contributed by atoms with van der Waals surface area (Å²) in [6, 6.07) is 10.8. The highest BCUT2D eigenvalue weighted by atomic mass is 32.2. The molecule has 3 rings (SSSR count). The molecule has 0 atom stereocenters. The number of nitrogens with one attached hydrogen (secondary N) is 3. The predicted octanol–water partition coefficient (Wildman–Crippen LogP) is 0.537. The molecule has 0 heterocycles. The second-order valence-corrected chi connectivity index (χ2v) is 11.1. The summed E-state index contributed by atoms with van der Waals surface area (Å²) in [7, 11) is -4.79. The molecule has 0 spiro atoms. The fourth-order valence-electron chi connectivity index (χ4n) is 3.22. The highest BCUT2D eigenvalue weighted by molar-refractivity contribution is 7.89. The van der Waals surface area contributed by atoms with Crippen LogP contribution in [0.25, 0.3) is 0 Å². The van der Waals surface area contributed by atoms with E-state index >= 15 is 0 Å². The summed E-state index contributed by atoms with van der Waals surface area (Å²) in [5, 5.41) is 4.93. The topological polar surface area (TPSA) is 142 Å². The summed E-state index contributed by atoms with van der Waals surface area (Å²) in [6.45, 7) is -0.161. The van der Waals surface area contributed by atoms with E-state index in [2.05, 4.69) is 15.4 Å². The van der Waals surface area contributed by atoms with E-state index in [1.54, 1.807) is 0 Å². The Bertz CT molecular complexity index is 1220. The van der Waals surface area contributed by atoms with E-state index < -0.39 is 20.0 Å². The molecule has 2 aromatic carbocycles. The summed E-state index contributed by atoms with van der Waals surface area (Å²) in [5.74, 6) is -0.656. The third-order valence-electron chi connectivity index (χ3n) is 5.18. The Morgan fingerprint density at radius 3 is 1.70 bits per heavy atom. The van der Waals surface area contributed by atoms with Crippen molar-refractivity contribution in [2.24, 2.45) is 0 Å². The van der Waals surface area contributed by atoms with Gasteiger partial charge in [-0.1, -0.05) is 0 Å². The van der Waals surface area contributed by atoms with Crippen molar-refractivity contribution in [2.45, 2.75) is 28.7 Å². The molecule has 2 amide bonds. The van der Waals surface area contributed by atoms with Gasteiger partial charge in [-0.15, -0.1) is 0 Å². The van der Waals surface area contributed by atoms with Gasteiger partial charge in [-0.3, -0.25) is 9.59 Å². The van der Waals surface area contributed by atoms with E-state index in [0.717, 1.165) is 0 Å². The first kappa shape index (κ1) is 24.8. The van der Waals surface area contributed by atoms with Crippen LogP contribution in [0, 0.1) is 0 Å². The molecule has 2 aromatic rings. The Balaban J connectivity index is 1.69. The summed E-state index contributed by atoms with van der Waals surface area (Å²) in [5.41, 5.74) is 0.662. The number of carbonyl (C=O) groups excluding carboxylic acids is 2. The van der Waals surface area contributed by atoms with Crippen molar-refractivity contribution in [3.05, 3.63) is 59.7 Å². The lowest BCUT2D eigenvalue weighted by molar-refractivity contribution is 0.0955. The molecule has 33 heavy (non-hydrogen) atoms. The number of hydrogen-bond donors (Lipinski definition) is 3. The maximum absolute atomic E-state index is 13.1. The normalized spacial score (nSPS) is 14.2. The smallest absolute Gasteiger partial charge is 0.251 e. The lowest BCUT2D eigenvalue weighted by Crippen LogP contribution is -2.40. The fraction of sp³-hybridized carbons (Fsp3) is 0.333. The van der Waals surface area contributed by atoms with Crippen LogP contribution in [0.4, 0.5) is 0 Å². The van der Waals surface area contributed by atoms with Crippen LogP contribution in [0.2, 0.25) is 0 Å². The number of rotatable bonds is 10. The Labute approximate surface area is 193 Å². The second-order valence-electron chi connectivity index (χ2n) is 7.45. The van der Waals surface area contributed by atoms with Crippen LogP contribution >= 0.6 is 0 Å². The summed E-state index contributed by atoms with van der Waals surface area (Å²) in [6.07, 6.45) is 1.40. The zero-order valence-electron chi connectivity index (χ0n) is 18.2. The summed E-state index contributed by atoms with van der Waals surface area (Å²) >= 11 is 0. The zero-order chi connectivity index (χ0) is 24.2. The molecule has 0 aromatic heterocycles. The largest absolute Gasteiger partial charge is 0.355 e. The van der Waals surface area contributed by atoms with Crippen molar-refractivity contribution >= 4 is 31.9 Å². The van der Waals surface area contributed by atoms with Gasteiger partial charge in [0, 0.05) is 44.4 Å². The number of benzene rings is 2. The van der Waals surface area contributed by atoms with Crippen molar-refractivity contribution in [1.82, 2.24) is 19.7 Å². The number of hydrogen-bond acceptors (Lipinski definition) is 6. The van der Waals surface area contributed by atoms with Gasteiger partial charge in [0.2, 0.25) is 20.0 Å². The molecule has 0 aliphatic heterocycles. The fourth-order valence-corrected chi connectivity index (χ4v) is 5.93. The van der Waals surface area contributed by atoms with Crippen molar-refractivity contribution in [2.75, 3.05) is 27.2 Å². The maximum Gasteiger partial charge on any atom is 0.251 e. The van der Waals surface area contributed by atoms with Gasteiger partial charge >= 0.3 is 0 Å². The van der Waals surface area contributed by atoms with Gasteiger partial charge in [0.15, 0.2) is 0 Å². The molecule has 3 N–H and O–H groups in total. The molecule has 0 bridgehead atoms. The van der Waals surface area contributed by atoms with Crippen LogP contribution in [-0.4, -0.2) is 66.2 Å². The number of sulfonamides is 2. The van der Waals surface area contributed by atoms with Crippen LogP contribution in [-0.2, 0) is 20.0 Å². The molecule has 0 unspecified atom stereocenters. The zero-order valence-corrected chi connectivity index (χ0v) is 19.9. The Morgan fingerprint density at radius 2 is 1.27 bits per heavy atom. The van der Waals surface area contributed by atoms with E-state index in [0.29, 0.717) is 24.0 Å². The minimum absolute atomic E-state index is 0.0271. The number of amides is 2. The van der Waals surface area contributed by atoms with Crippen LogP contribution in [0.3, 0.4) is 0 Å². The van der Waals surface area contributed by atoms with Gasteiger partial charge in [-0.2, -0.15) is 4.31 Å². The highest BCUT2D eigenvalue weighted by Crippen LogP contribution is 2.31. The van der Waals surface area contributed by atoms with Gasteiger partial charge in [0.05, 0.1) is 9.79 Å². The van der Waals surface area contributed by atoms with Gasteiger partial charge in [0.1, 0.15) is 0 Å². The molecule has 0 saturated heterocycles. The summed E-state index contributed by atoms with van der Waals surface area (Å²) < 4.78 is 55.1. The summed E-state index contributed by atoms with van der Waals surface area (Å²) in [4.78, 5) is 23.3. The molecule has 10 nitrogen and oxygen atoms in total. The van der Waals surface area contributed by atoms with Gasteiger partial charge in [-0.25, -0.2) is 21.6 Å². The maximum atomic E-state index is 13.1. The van der Waals surface area contributed by atoms with Gasteiger partial charge < -0.3 is 10.6 Å². The van der Waals surface area contributed by atoms with Crippen LogP contribution in [0.15, 0.2) is 58.3 Å². The molecular formula is C21H26N4O6S2. The van der Waals surface area contributed by atoms with Gasteiger partial charge in [-0.05, 0) is 61.4 Å². The molecule has 1 aliphatic rings. The molecular weight excluding hydrogens is 468 g/mol. The van der Waals surface area contributed by atoms with Crippen LogP contribution in [0.5, 0.6) is 0 Å². The quantitative estimate of drug-likeness (QED) is 0.440. The third-order valence-corrected chi connectivity index (χ3v) is 8.63. The molecule has 12 heteroatoms. The lowest BCUT2D eigenvalue weighted by Gasteiger charge is -2.22. The first-order chi connectivity index (χ1) is 15.6. The Morgan fingerprint density at radius 1 is 0.818 bits per heavy atom. The van der Waals surface area contributed by atoms with Crippen molar-refractivity contribution in [3.8, 4) is 0 Å². The average molecular weight is 495 g/mol. The number of nitrogens with zero attached hydrogens (tertiary/aromatic N) is 1. The van der Waals surface area contributed by atoms with Crippen LogP contribution in [0.1, 0.15) is 33.6 Å². The average Bonchev–Trinajstić information content (AvgIpc) is 3.66. The van der Waals surface area contributed by atoms with E-state index in [1.165, 1.54) is 66.9 Å². The molecule has 1 fully saturated rings. The second kappa shape index (κ2) is 10.00. The Kier molecular flexibility index (Phi) is 7.52. The minimum atomic E-state index is -3.89. The SMILES string of the molecule is CNC(=O)c1ccc(S(=O)(=O)NCCN(C2CC2)S(=O)(=O)c2ccc(C(=O)NC)cc2)cc1. The monoisotopic (exact) mass is 494 g/mol. The lowest BCUT2D eigenvalue weighted by atomic mass is 10.2. The predicted molar refractivity (Wildman–Crippen MR) is 122 cm³/mol. The van der Waals surface area contributed by atoms with Gasteiger partial charge in [0.25, 0.3) is 11.8 Å². The van der Waals surface area contributed by atoms with E-state index in [-0.39, 0.29) is 40.7 Å². The van der Waals surface area contributed by atoms with E-state index in [9.17, 15) is 26.4 Å². The minimum Gasteiger partial charge on any atom is -0.355 e. The molecule has 0 radical (unpaired) electrons. The first-order valence-electron chi connectivity index (χ1n) is 10.3. The third kappa shape index (κ3) is 5.77. The Hall–Kier alpha value is -2.80. The number of carbonyl (C=O) groups is 2. The van der Waals surface area contributed by atoms with E-state index in [1.807, 2.05) is 0 Å². The van der Waals surface area contributed by atoms with Crippen molar-refractivity contribution in [3.63, 3.8) is 0 Å². The molecule has 178 valence electrons. The standard InChI is InChI=1S/C21H26N4O6S2/c1-22-20(26)15-3-9-18(10-4-15)32(28,29)24-13-14-25(17-7-8-17)33(30,31)19-11-5-16(6-12-19)21(27)23-2/h3-6,9-12,17,24H,7-8,13-14H2,1-2H3,(H,22,26)(H,23,27). The van der Waals surface area contributed by atoms with Crippen molar-refractivity contribution < 1.29 is 26.4 Å². The van der Waals surface area contributed by atoms with Crippen molar-refractivity contribution in [1.29, 1.82) is 0 Å². The highest BCUT2D eigenvalue weighted by Gasteiger charge is 2.38. The molecule has 1 aliphatic carbocycles. The van der Waals surface area contributed by atoms with Crippen LogP contribution < -0.4 is 15.4 Å². The first-order valence-corrected chi connectivity index (χ1v) is 13.2. The molecule has 1 saturated carbocycles. The van der Waals surface area contributed by atoms with E-state index in [4.69, 9.17) is 0 Å².